The van der Waals surface area contributed by atoms with Crippen LogP contribution in [0.25, 0.3) is 11.3 Å². The van der Waals surface area contributed by atoms with Crippen LogP contribution in [0.4, 0.5) is 10.1 Å². The summed E-state index contributed by atoms with van der Waals surface area (Å²) >= 11 is 0. The molecule has 2 aromatic carbocycles. The maximum absolute atomic E-state index is 14.4. The molecule has 28 heavy (non-hydrogen) atoms. The number of hydrogen-bond donors (Lipinski definition) is 0. The Bertz CT molecular complexity index is 963. The van der Waals surface area contributed by atoms with Crippen molar-refractivity contribution in [2.24, 2.45) is 0 Å². The lowest BCUT2D eigenvalue weighted by molar-refractivity contribution is 0.101. The van der Waals surface area contributed by atoms with Gasteiger partial charge in [0.1, 0.15) is 11.5 Å². The SMILES string of the molecule is CC(=O)c1ccc(N2CCN(Cc3cc(-c4ccccc4)no3)CC2)c(F)c1. The van der Waals surface area contributed by atoms with Crippen molar-refractivity contribution in [2.75, 3.05) is 31.1 Å². The van der Waals surface area contributed by atoms with Crippen molar-refractivity contribution >= 4 is 11.5 Å². The Hall–Kier alpha value is -2.99. The minimum absolute atomic E-state index is 0.128. The molecule has 5 nitrogen and oxygen atoms in total. The second-order valence-corrected chi connectivity index (χ2v) is 7.03. The molecule has 3 aromatic rings. The molecule has 1 aliphatic rings. The van der Waals surface area contributed by atoms with Gasteiger partial charge in [-0.25, -0.2) is 4.39 Å². The number of piperazine rings is 1. The number of halogens is 1. The van der Waals surface area contributed by atoms with Gasteiger partial charge in [0, 0.05) is 43.4 Å². The summed E-state index contributed by atoms with van der Waals surface area (Å²) in [5, 5.41) is 4.16. The minimum Gasteiger partial charge on any atom is -0.367 e. The molecule has 0 spiro atoms. The monoisotopic (exact) mass is 379 g/mol. The Kier molecular flexibility index (Phi) is 5.21. The first kappa shape index (κ1) is 18.4. The van der Waals surface area contributed by atoms with E-state index in [4.69, 9.17) is 4.52 Å². The second-order valence-electron chi connectivity index (χ2n) is 7.03. The first-order chi connectivity index (χ1) is 13.6. The number of hydrogen-bond acceptors (Lipinski definition) is 5. The highest BCUT2D eigenvalue weighted by atomic mass is 19.1. The molecule has 0 N–H and O–H groups in total. The van der Waals surface area contributed by atoms with Crippen molar-refractivity contribution in [3.05, 3.63) is 71.7 Å². The summed E-state index contributed by atoms with van der Waals surface area (Å²) in [6, 6.07) is 16.6. The standard InChI is InChI=1S/C22H22FN3O2/c1-16(27)18-7-8-22(20(23)13-18)26-11-9-25(10-12-26)15-19-14-21(24-28-19)17-5-3-2-4-6-17/h2-8,13-14H,9-12,15H2,1H3. The lowest BCUT2D eigenvalue weighted by atomic mass is 10.1. The van der Waals surface area contributed by atoms with Crippen molar-refractivity contribution < 1.29 is 13.7 Å². The van der Waals surface area contributed by atoms with Crippen LogP contribution < -0.4 is 4.90 Å². The highest BCUT2D eigenvalue weighted by molar-refractivity contribution is 5.94. The molecule has 144 valence electrons. The first-order valence-electron chi connectivity index (χ1n) is 9.39. The zero-order valence-electron chi connectivity index (χ0n) is 15.8. The first-order valence-corrected chi connectivity index (χ1v) is 9.39. The van der Waals surface area contributed by atoms with Gasteiger partial charge in [0.2, 0.25) is 0 Å². The van der Waals surface area contributed by atoms with Crippen LogP contribution in [-0.4, -0.2) is 42.0 Å². The van der Waals surface area contributed by atoms with Gasteiger partial charge in [-0.2, -0.15) is 0 Å². The van der Waals surface area contributed by atoms with Gasteiger partial charge in [0.25, 0.3) is 0 Å². The van der Waals surface area contributed by atoms with Crippen molar-refractivity contribution in [3.63, 3.8) is 0 Å². The topological polar surface area (TPSA) is 49.6 Å². The van der Waals surface area contributed by atoms with E-state index in [2.05, 4.69) is 10.1 Å². The largest absolute Gasteiger partial charge is 0.367 e. The van der Waals surface area contributed by atoms with E-state index in [0.717, 1.165) is 43.2 Å². The number of benzene rings is 2. The van der Waals surface area contributed by atoms with Crippen LogP contribution in [0, 0.1) is 5.82 Å². The Labute approximate surface area is 163 Å². The number of carbonyl (C=O) groups is 1. The molecular weight excluding hydrogens is 357 g/mol. The van der Waals surface area contributed by atoms with Crippen LogP contribution in [0.2, 0.25) is 0 Å². The quantitative estimate of drug-likeness (QED) is 0.627. The molecule has 1 aliphatic heterocycles. The molecular formula is C22H22FN3O2. The van der Waals surface area contributed by atoms with Gasteiger partial charge in [0.05, 0.1) is 12.2 Å². The summed E-state index contributed by atoms with van der Waals surface area (Å²) < 4.78 is 19.9. The molecule has 2 heterocycles. The fourth-order valence-corrected chi connectivity index (χ4v) is 3.48. The van der Waals surface area contributed by atoms with Crippen molar-refractivity contribution in [1.29, 1.82) is 0 Å². The molecule has 0 radical (unpaired) electrons. The van der Waals surface area contributed by atoms with Crippen LogP contribution in [-0.2, 0) is 6.54 Å². The zero-order chi connectivity index (χ0) is 19.5. The molecule has 0 saturated carbocycles. The number of aromatic nitrogens is 1. The van der Waals surface area contributed by atoms with Crippen LogP contribution in [0.15, 0.2) is 59.1 Å². The molecule has 6 heteroatoms. The Morgan fingerprint density at radius 3 is 2.50 bits per heavy atom. The van der Waals surface area contributed by atoms with Gasteiger partial charge in [0.15, 0.2) is 11.5 Å². The summed E-state index contributed by atoms with van der Waals surface area (Å²) in [5.41, 5.74) is 2.82. The Balaban J connectivity index is 1.36. The lowest BCUT2D eigenvalue weighted by Crippen LogP contribution is -2.46. The molecule has 1 fully saturated rings. The predicted molar refractivity (Wildman–Crippen MR) is 106 cm³/mol. The summed E-state index contributed by atoms with van der Waals surface area (Å²) in [7, 11) is 0. The van der Waals surface area contributed by atoms with Gasteiger partial charge in [-0.05, 0) is 25.1 Å². The fraction of sp³-hybridized carbons (Fsp3) is 0.273. The third kappa shape index (κ3) is 3.97. The van der Waals surface area contributed by atoms with E-state index in [0.29, 0.717) is 17.8 Å². The number of rotatable bonds is 5. The second kappa shape index (κ2) is 7.94. The fourth-order valence-electron chi connectivity index (χ4n) is 3.48. The van der Waals surface area contributed by atoms with Crippen LogP contribution in [0.5, 0.6) is 0 Å². The molecule has 0 aliphatic carbocycles. The maximum atomic E-state index is 14.4. The normalized spacial score (nSPS) is 15.0. The Morgan fingerprint density at radius 2 is 1.82 bits per heavy atom. The van der Waals surface area contributed by atoms with E-state index >= 15 is 0 Å². The summed E-state index contributed by atoms with van der Waals surface area (Å²) in [6.45, 7) is 5.16. The summed E-state index contributed by atoms with van der Waals surface area (Å²) in [4.78, 5) is 15.7. The molecule has 0 bridgehead atoms. The van der Waals surface area contributed by atoms with Crippen molar-refractivity contribution in [3.8, 4) is 11.3 Å². The molecule has 0 amide bonds. The number of ketones is 1. The van der Waals surface area contributed by atoms with Crippen molar-refractivity contribution in [1.82, 2.24) is 10.1 Å². The van der Waals surface area contributed by atoms with E-state index in [1.165, 1.54) is 13.0 Å². The van der Waals surface area contributed by atoms with Gasteiger partial charge < -0.3 is 9.42 Å². The van der Waals surface area contributed by atoms with Crippen molar-refractivity contribution in [2.45, 2.75) is 13.5 Å². The lowest BCUT2D eigenvalue weighted by Gasteiger charge is -2.35. The number of nitrogens with zero attached hydrogens (tertiary/aromatic N) is 3. The summed E-state index contributed by atoms with van der Waals surface area (Å²) in [5.74, 6) is 0.352. The van der Waals surface area contributed by atoms with Gasteiger partial charge in [-0.15, -0.1) is 0 Å². The molecule has 1 aromatic heterocycles. The van der Waals surface area contributed by atoms with Gasteiger partial charge >= 0.3 is 0 Å². The van der Waals surface area contributed by atoms with E-state index in [1.54, 1.807) is 12.1 Å². The van der Waals surface area contributed by atoms with E-state index in [9.17, 15) is 9.18 Å². The molecule has 0 unspecified atom stereocenters. The molecule has 1 saturated heterocycles. The van der Waals surface area contributed by atoms with Gasteiger partial charge in [-0.3, -0.25) is 9.69 Å². The average Bonchev–Trinajstić information content (AvgIpc) is 3.18. The number of carbonyl (C=O) groups excluding carboxylic acids is 1. The predicted octanol–water partition coefficient (Wildman–Crippen LogP) is 4.01. The zero-order valence-corrected chi connectivity index (χ0v) is 15.8. The van der Waals surface area contributed by atoms with Crippen LogP contribution >= 0.6 is 0 Å². The highest BCUT2D eigenvalue weighted by Gasteiger charge is 2.21. The Morgan fingerprint density at radius 1 is 1.07 bits per heavy atom. The highest BCUT2D eigenvalue weighted by Crippen LogP contribution is 2.24. The van der Waals surface area contributed by atoms with Crippen LogP contribution in [0.3, 0.4) is 0 Å². The van der Waals surface area contributed by atoms with E-state index < -0.39 is 0 Å². The number of Topliss-reactive ketones (excluding diaryl/α,β-unsaturated/α-hetero) is 1. The third-order valence-corrected chi connectivity index (χ3v) is 5.08. The van der Waals surface area contributed by atoms with E-state index in [1.807, 2.05) is 41.3 Å². The van der Waals surface area contributed by atoms with Crippen LogP contribution in [0.1, 0.15) is 23.0 Å². The third-order valence-electron chi connectivity index (χ3n) is 5.08. The molecule has 0 atom stereocenters. The van der Waals surface area contributed by atoms with E-state index in [-0.39, 0.29) is 11.6 Å². The average molecular weight is 379 g/mol. The number of anilines is 1. The van der Waals surface area contributed by atoms with Gasteiger partial charge in [-0.1, -0.05) is 35.5 Å². The minimum atomic E-state index is -0.344. The smallest absolute Gasteiger partial charge is 0.159 e. The maximum Gasteiger partial charge on any atom is 0.159 e. The summed E-state index contributed by atoms with van der Waals surface area (Å²) in [6.07, 6.45) is 0. The molecule has 4 rings (SSSR count).